The summed E-state index contributed by atoms with van der Waals surface area (Å²) in [5.74, 6) is -2.83. The fourth-order valence-corrected chi connectivity index (χ4v) is 4.26. The van der Waals surface area contributed by atoms with E-state index < -0.39 is 39.0 Å². The maximum Gasteiger partial charge on any atom is 0.330 e. The van der Waals surface area contributed by atoms with Gasteiger partial charge in [-0.2, -0.15) is 0 Å². The van der Waals surface area contributed by atoms with Crippen LogP contribution in [0.25, 0.3) is 0 Å². The molecule has 1 aliphatic carbocycles. The molecule has 1 unspecified atom stereocenters. The van der Waals surface area contributed by atoms with Crippen LogP contribution in [-0.4, -0.2) is 37.4 Å². The standard InChI is InChI=1S/C15H17ClFNO5S/c1-24(22,23)8-15(4-5-15)7-12(19)18-13(14(20)21)9-2-3-10(16)11(17)6-9/h2-3,6,13H,4-5,7-8H2,1H3,(H,18,19)(H,20,21). The van der Waals surface area contributed by atoms with Gasteiger partial charge in [0.1, 0.15) is 15.7 Å². The fourth-order valence-electron chi connectivity index (χ4n) is 2.64. The second-order valence-electron chi connectivity index (χ2n) is 6.26. The lowest BCUT2D eigenvalue weighted by Gasteiger charge is -2.18. The first kappa shape index (κ1) is 18.7. The van der Waals surface area contributed by atoms with Crippen molar-refractivity contribution in [2.24, 2.45) is 5.41 Å². The SMILES string of the molecule is CS(=O)(=O)CC1(CC(=O)NC(C(=O)O)c2ccc(Cl)c(F)c2)CC1. The van der Waals surface area contributed by atoms with Gasteiger partial charge in [0.25, 0.3) is 0 Å². The lowest BCUT2D eigenvalue weighted by molar-refractivity contribution is -0.142. The third-order valence-electron chi connectivity index (χ3n) is 3.89. The minimum Gasteiger partial charge on any atom is -0.479 e. The van der Waals surface area contributed by atoms with Crippen molar-refractivity contribution in [3.63, 3.8) is 0 Å². The van der Waals surface area contributed by atoms with Crippen molar-refractivity contribution in [3.8, 4) is 0 Å². The van der Waals surface area contributed by atoms with Crippen molar-refractivity contribution in [1.82, 2.24) is 5.32 Å². The van der Waals surface area contributed by atoms with Gasteiger partial charge >= 0.3 is 5.97 Å². The molecule has 1 aliphatic rings. The van der Waals surface area contributed by atoms with Gasteiger partial charge in [-0.3, -0.25) is 4.79 Å². The summed E-state index contributed by atoms with van der Waals surface area (Å²) in [7, 11) is -3.23. The van der Waals surface area contributed by atoms with E-state index in [1.165, 1.54) is 12.1 Å². The average Bonchev–Trinajstić information content (AvgIpc) is 3.15. The van der Waals surface area contributed by atoms with Crippen LogP contribution >= 0.6 is 11.6 Å². The second kappa shape index (κ2) is 6.68. The van der Waals surface area contributed by atoms with Crippen LogP contribution in [-0.2, 0) is 19.4 Å². The van der Waals surface area contributed by atoms with E-state index in [9.17, 15) is 27.5 Å². The summed E-state index contributed by atoms with van der Waals surface area (Å²) in [5.41, 5.74) is -0.572. The number of hydrogen-bond donors (Lipinski definition) is 2. The minimum absolute atomic E-state index is 0.0470. The smallest absolute Gasteiger partial charge is 0.330 e. The molecule has 1 fully saturated rings. The summed E-state index contributed by atoms with van der Waals surface area (Å²) in [6.45, 7) is 0. The molecule has 1 atom stereocenters. The number of hydrogen-bond acceptors (Lipinski definition) is 4. The van der Waals surface area contributed by atoms with Gasteiger partial charge in [-0.05, 0) is 36.0 Å². The molecule has 1 aromatic carbocycles. The van der Waals surface area contributed by atoms with Gasteiger partial charge in [0, 0.05) is 12.7 Å². The molecule has 9 heteroatoms. The molecule has 0 aliphatic heterocycles. The first-order valence-corrected chi connectivity index (χ1v) is 9.60. The van der Waals surface area contributed by atoms with Crippen molar-refractivity contribution >= 4 is 33.3 Å². The van der Waals surface area contributed by atoms with Crippen LogP contribution in [0, 0.1) is 11.2 Å². The van der Waals surface area contributed by atoms with Gasteiger partial charge in [-0.15, -0.1) is 0 Å². The highest BCUT2D eigenvalue weighted by molar-refractivity contribution is 7.90. The Bertz CT molecular complexity index is 776. The van der Waals surface area contributed by atoms with E-state index in [0.717, 1.165) is 12.3 Å². The highest BCUT2D eigenvalue weighted by atomic mass is 35.5. The molecule has 0 saturated heterocycles. The number of halogens is 2. The summed E-state index contributed by atoms with van der Waals surface area (Å²) in [5, 5.41) is 11.4. The number of nitrogens with one attached hydrogen (secondary N) is 1. The van der Waals surface area contributed by atoms with Gasteiger partial charge in [-0.25, -0.2) is 17.6 Å². The van der Waals surface area contributed by atoms with Gasteiger partial charge in [0.05, 0.1) is 10.8 Å². The molecular formula is C15H17ClFNO5S. The van der Waals surface area contributed by atoms with E-state index in [0.29, 0.717) is 12.8 Å². The highest BCUT2D eigenvalue weighted by Crippen LogP contribution is 2.49. The second-order valence-corrected chi connectivity index (χ2v) is 8.81. The topological polar surface area (TPSA) is 101 Å². The number of carbonyl (C=O) groups excluding carboxylic acids is 1. The Morgan fingerprint density at radius 1 is 1.42 bits per heavy atom. The summed E-state index contributed by atoms with van der Waals surface area (Å²) < 4.78 is 36.3. The van der Waals surface area contributed by atoms with Crippen LogP contribution in [0.3, 0.4) is 0 Å². The molecule has 0 bridgehead atoms. The van der Waals surface area contributed by atoms with Crippen molar-refractivity contribution in [2.75, 3.05) is 12.0 Å². The molecule has 1 amide bonds. The quantitative estimate of drug-likeness (QED) is 0.756. The normalized spacial score (nSPS) is 17.1. The van der Waals surface area contributed by atoms with E-state index >= 15 is 0 Å². The Kier molecular flexibility index (Phi) is 5.19. The Morgan fingerprint density at radius 3 is 2.50 bits per heavy atom. The Labute approximate surface area is 143 Å². The van der Waals surface area contributed by atoms with E-state index in [-0.39, 0.29) is 22.8 Å². The van der Waals surface area contributed by atoms with Crippen LogP contribution < -0.4 is 5.32 Å². The first-order chi connectivity index (χ1) is 11.0. The number of aliphatic carboxylic acids is 1. The molecule has 2 rings (SSSR count). The molecule has 0 heterocycles. The molecule has 2 N–H and O–H groups in total. The van der Waals surface area contributed by atoms with Gasteiger partial charge in [0.2, 0.25) is 5.91 Å². The lowest BCUT2D eigenvalue weighted by Crippen LogP contribution is -2.36. The van der Waals surface area contributed by atoms with Crippen molar-refractivity contribution < 1.29 is 27.5 Å². The molecule has 0 spiro atoms. The van der Waals surface area contributed by atoms with E-state index in [1.807, 2.05) is 0 Å². The minimum atomic E-state index is -3.23. The zero-order valence-electron chi connectivity index (χ0n) is 12.9. The monoisotopic (exact) mass is 377 g/mol. The number of benzene rings is 1. The summed E-state index contributed by atoms with van der Waals surface area (Å²) >= 11 is 5.56. The molecule has 0 aromatic heterocycles. The zero-order chi connectivity index (χ0) is 18.1. The molecule has 1 aromatic rings. The lowest BCUT2D eigenvalue weighted by atomic mass is 10.0. The molecule has 1 saturated carbocycles. The van der Waals surface area contributed by atoms with Crippen LogP contribution in [0.1, 0.15) is 30.9 Å². The van der Waals surface area contributed by atoms with Gasteiger partial charge in [0.15, 0.2) is 6.04 Å². The molecule has 0 radical (unpaired) electrons. The van der Waals surface area contributed by atoms with Crippen LogP contribution in [0.2, 0.25) is 5.02 Å². The maximum atomic E-state index is 13.5. The summed E-state index contributed by atoms with van der Waals surface area (Å²) in [6, 6.07) is 2.04. The third kappa shape index (κ3) is 4.91. The number of rotatable bonds is 7. The van der Waals surface area contributed by atoms with E-state index in [2.05, 4.69) is 5.32 Å². The van der Waals surface area contributed by atoms with E-state index in [1.54, 1.807) is 0 Å². The van der Waals surface area contributed by atoms with Crippen molar-refractivity contribution in [1.29, 1.82) is 0 Å². The molecule has 132 valence electrons. The fraction of sp³-hybridized carbons (Fsp3) is 0.467. The van der Waals surface area contributed by atoms with Crippen molar-refractivity contribution in [3.05, 3.63) is 34.6 Å². The number of carbonyl (C=O) groups is 2. The predicted octanol–water partition coefficient (Wildman–Crippen LogP) is 1.94. The average molecular weight is 378 g/mol. The summed E-state index contributed by atoms with van der Waals surface area (Å²) in [6.07, 6.45) is 2.21. The maximum absolute atomic E-state index is 13.5. The predicted molar refractivity (Wildman–Crippen MR) is 85.9 cm³/mol. The van der Waals surface area contributed by atoms with Crippen LogP contribution in [0.15, 0.2) is 18.2 Å². The third-order valence-corrected chi connectivity index (χ3v) is 5.33. The van der Waals surface area contributed by atoms with Gasteiger partial charge < -0.3 is 10.4 Å². The Morgan fingerprint density at radius 2 is 2.04 bits per heavy atom. The number of amides is 1. The molecule has 6 nitrogen and oxygen atoms in total. The highest BCUT2D eigenvalue weighted by Gasteiger charge is 2.47. The molecule has 24 heavy (non-hydrogen) atoms. The van der Waals surface area contributed by atoms with Gasteiger partial charge in [-0.1, -0.05) is 17.7 Å². The number of carboxylic acids is 1. The number of sulfone groups is 1. The first-order valence-electron chi connectivity index (χ1n) is 7.16. The summed E-state index contributed by atoms with van der Waals surface area (Å²) in [4.78, 5) is 23.5. The van der Waals surface area contributed by atoms with Crippen LogP contribution in [0.4, 0.5) is 4.39 Å². The largest absolute Gasteiger partial charge is 0.479 e. The van der Waals surface area contributed by atoms with Crippen LogP contribution in [0.5, 0.6) is 0 Å². The zero-order valence-corrected chi connectivity index (χ0v) is 14.5. The molecular weight excluding hydrogens is 361 g/mol. The number of carboxylic acid groups (broad SMARTS) is 1. The van der Waals surface area contributed by atoms with E-state index in [4.69, 9.17) is 11.6 Å². The Hall–Kier alpha value is -1.67. The Balaban J connectivity index is 2.09. The van der Waals surface area contributed by atoms with Crippen molar-refractivity contribution in [2.45, 2.75) is 25.3 Å².